The summed E-state index contributed by atoms with van der Waals surface area (Å²) in [5.41, 5.74) is 3.11. The quantitative estimate of drug-likeness (QED) is 0.551. The van der Waals surface area contributed by atoms with Gasteiger partial charge in [0, 0.05) is 17.8 Å². The van der Waals surface area contributed by atoms with Gasteiger partial charge in [0.25, 0.3) is 0 Å². The molecule has 3 aromatic rings. The lowest BCUT2D eigenvalue weighted by molar-refractivity contribution is -0.114. The maximum atomic E-state index is 11.7. The van der Waals surface area contributed by atoms with Gasteiger partial charge < -0.3 is 4.74 Å². The van der Waals surface area contributed by atoms with Gasteiger partial charge in [-0.3, -0.25) is 4.79 Å². The molecule has 0 aliphatic carbocycles. The summed E-state index contributed by atoms with van der Waals surface area (Å²) in [7, 11) is 0. The van der Waals surface area contributed by atoms with E-state index in [1.54, 1.807) is 29.1 Å². The number of nitrogens with zero attached hydrogens (tertiary/aromatic N) is 4. The second kappa shape index (κ2) is 7.25. The number of ether oxygens (including phenoxy) is 1. The van der Waals surface area contributed by atoms with Crippen LogP contribution in [0.5, 0.6) is 0 Å². The minimum absolute atomic E-state index is 0.292. The molecule has 1 atom stereocenters. The maximum absolute atomic E-state index is 11.7. The summed E-state index contributed by atoms with van der Waals surface area (Å²) in [5, 5.41) is 4.84. The lowest BCUT2D eigenvalue weighted by Gasteiger charge is -2.24. The number of hydrogen-bond donors (Lipinski definition) is 0. The number of aldehydes is 1. The monoisotopic (exact) mass is 444 g/mol. The largest absolute Gasteiger partial charge is 0.460 e. The van der Waals surface area contributed by atoms with Crippen molar-refractivity contribution in [2.75, 3.05) is 0 Å². The molecule has 3 heterocycles. The standard InChI is InChI=1S/C19H14BrClN4O2/c1-2-11-5-3-6-12-15(10-26)27-19(23-17(11)12)14-9-16(20)24-25(14)18-13(21)7-4-8-22-18/h3-10,15H,2H2,1H3. The van der Waals surface area contributed by atoms with Crippen LogP contribution in [0.4, 0.5) is 5.69 Å². The number of benzene rings is 1. The van der Waals surface area contributed by atoms with E-state index in [4.69, 9.17) is 21.3 Å². The van der Waals surface area contributed by atoms with Crippen LogP contribution in [0.15, 0.2) is 52.2 Å². The number of carbonyl (C=O) groups is 1. The van der Waals surface area contributed by atoms with Crippen molar-refractivity contribution in [3.63, 3.8) is 0 Å². The summed E-state index contributed by atoms with van der Waals surface area (Å²) in [5.74, 6) is 0.740. The van der Waals surface area contributed by atoms with E-state index in [-0.39, 0.29) is 0 Å². The molecule has 1 aliphatic heterocycles. The van der Waals surface area contributed by atoms with Gasteiger partial charge in [-0.05, 0) is 40.0 Å². The van der Waals surface area contributed by atoms with Crippen molar-refractivity contribution in [3.8, 4) is 5.82 Å². The Labute approximate surface area is 169 Å². The Bertz CT molecular complexity index is 1060. The third-order valence-electron chi connectivity index (χ3n) is 4.25. The van der Waals surface area contributed by atoms with Crippen LogP contribution in [-0.2, 0) is 16.0 Å². The molecule has 0 N–H and O–H groups in total. The zero-order valence-electron chi connectivity index (χ0n) is 14.3. The number of halogens is 2. The minimum Gasteiger partial charge on any atom is -0.460 e. The molecule has 0 amide bonds. The fourth-order valence-electron chi connectivity index (χ4n) is 2.99. The highest BCUT2D eigenvalue weighted by Gasteiger charge is 2.28. The number of fused-ring (bicyclic) bond motifs is 1. The molecule has 0 fully saturated rings. The van der Waals surface area contributed by atoms with Crippen LogP contribution in [0.3, 0.4) is 0 Å². The second-order valence-corrected chi connectivity index (χ2v) is 7.09. The van der Waals surface area contributed by atoms with Crippen LogP contribution in [-0.4, -0.2) is 26.9 Å². The highest BCUT2D eigenvalue weighted by molar-refractivity contribution is 9.10. The molecule has 1 unspecified atom stereocenters. The van der Waals surface area contributed by atoms with Crippen LogP contribution in [0.1, 0.15) is 29.8 Å². The van der Waals surface area contributed by atoms with Crippen LogP contribution in [0.2, 0.25) is 5.02 Å². The zero-order valence-corrected chi connectivity index (χ0v) is 16.6. The number of aryl methyl sites for hydroxylation is 1. The maximum Gasteiger partial charge on any atom is 0.241 e. The first kappa shape index (κ1) is 17.9. The molecule has 0 saturated carbocycles. The van der Waals surface area contributed by atoms with Gasteiger partial charge in [-0.1, -0.05) is 36.7 Å². The molecule has 0 radical (unpaired) electrons. The van der Waals surface area contributed by atoms with E-state index in [9.17, 15) is 4.79 Å². The topological polar surface area (TPSA) is 69.4 Å². The Morgan fingerprint density at radius 3 is 2.93 bits per heavy atom. The molecule has 27 heavy (non-hydrogen) atoms. The lowest BCUT2D eigenvalue weighted by Crippen LogP contribution is -2.21. The van der Waals surface area contributed by atoms with E-state index < -0.39 is 6.10 Å². The summed E-state index contributed by atoms with van der Waals surface area (Å²) in [6.07, 6.45) is 2.46. The molecule has 136 valence electrons. The number of pyridine rings is 1. The SMILES string of the molecule is CCc1cccc2c1N=C(c1cc(Br)nn1-c1ncccc1Cl)OC2C=O. The van der Waals surface area contributed by atoms with Gasteiger partial charge in [0.15, 0.2) is 18.2 Å². The Kier molecular flexibility index (Phi) is 4.80. The number of rotatable bonds is 4. The average Bonchev–Trinajstić information content (AvgIpc) is 3.08. The fraction of sp³-hybridized carbons (Fsp3) is 0.158. The Hall–Kier alpha value is -2.51. The molecule has 0 saturated heterocycles. The fourth-order valence-corrected chi connectivity index (χ4v) is 3.57. The number of aromatic nitrogens is 3. The Balaban J connectivity index is 1.91. The van der Waals surface area contributed by atoms with Gasteiger partial charge in [-0.2, -0.15) is 5.10 Å². The summed E-state index contributed by atoms with van der Waals surface area (Å²) < 4.78 is 8.01. The molecule has 1 aliphatic rings. The van der Waals surface area contributed by atoms with E-state index >= 15 is 0 Å². The molecular weight excluding hydrogens is 432 g/mol. The number of para-hydroxylation sites is 1. The van der Waals surface area contributed by atoms with E-state index in [2.05, 4.69) is 26.0 Å². The molecular formula is C19H14BrClN4O2. The van der Waals surface area contributed by atoms with Crippen LogP contribution < -0.4 is 0 Å². The molecule has 8 heteroatoms. The lowest BCUT2D eigenvalue weighted by atomic mass is 10.0. The Morgan fingerprint density at radius 2 is 2.19 bits per heavy atom. The first-order chi connectivity index (χ1) is 13.1. The first-order valence-corrected chi connectivity index (χ1v) is 9.48. The number of aliphatic imine (C=N–C) groups is 1. The third-order valence-corrected chi connectivity index (χ3v) is 4.93. The third kappa shape index (κ3) is 3.17. The molecule has 6 nitrogen and oxygen atoms in total. The molecule has 2 aromatic heterocycles. The summed E-state index contributed by atoms with van der Waals surface area (Å²) in [4.78, 5) is 20.7. The van der Waals surface area contributed by atoms with Crippen molar-refractivity contribution in [2.45, 2.75) is 19.4 Å². The zero-order chi connectivity index (χ0) is 19.0. The average molecular weight is 446 g/mol. The van der Waals surface area contributed by atoms with E-state index in [0.29, 0.717) is 27.0 Å². The van der Waals surface area contributed by atoms with Crippen molar-refractivity contribution < 1.29 is 9.53 Å². The van der Waals surface area contributed by atoms with Crippen LogP contribution in [0, 0.1) is 0 Å². The van der Waals surface area contributed by atoms with Gasteiger partial charge in [-0.15, -0.1) is 0 Å². The predicted molar refractivity (Wildman–Crippen MR) is 106 cm³/mol. The van der Waals surface area contributed by atoms with E-state index in [1.807, 2.05) is 25.1 Å². The first-order valence-electron chi connectivity index (χ1n) is 8.31. The van der Waals surface area contributed by atoms with Crippen molar-refractivity contribution in [2.24, 2.45) is 4.99 Å². The van der Waals surface area contributed by atoms with Crippen molar-refractivity contribution in [1.29, 1.82) is 0 Å². The summed E-state index contributed by atoms with van der Waals surface area (Å²) in [6, 6.07) is 11.0. The van der Waals surface area contributed by atoms with Gasteiger partial charge in [0.1, 0.15) is 10.3 Å². The molecule has 0 bridgehead atoms. The van der Waals surface area contributed by atoms with Gasteiger partial charge in [0.05, 0.1) is 10.7 Å². The Morgan fingerprint density at radius 1 is 1.33 bits per heavy atom. The van der Waals surface area contributed by atoms with Crippen LogP contribution in [0.25, 0.3) is 5.82 Å². The van der Waals surface area contributed by atoms with Crippen molar-refractivity contribution in [1.82, 2.24) is 14.8 Å². The summed E-state index contributed by atoms with van der Waals surface area (Å²) in [6.45, 7) is 2.05. The summed E-state index contributed by atoms with van der Waals surface area (Å²) >= 11 is 9.67. The highest BCUT2D eigenvalue weighted by atomic mass is 79.9. The number of hydrogen-bond acceptors (Lipinski definition) is 5. The molecule has 1 aromatic carbocycles. The molecule has 0 spiro atoms. The predicted octanol–water partition coefficient (Wildman–Crippen LogP) is 4.59. The molecule has 4 rings (SSSR count). The van der Waals surface area contributed by atoms with Gasteiger partial charge >= 0.3 is 0 Å². The number of carbonyl (C=O) groups excluding carboxylic acids is 1. The van der Waals surface area contributed by atoms with Crippen LogP contribution >= 0.6 is 27.5 Å². The van der Waals surface area contributed by atoms with E-state index in [0.717, 1.165) is 29.5 Å². The smallest absolute Gasteiger partial charge is 0.241 e. The van der Waals surface area contributed by atoms with Gasteiger partial charge in [0.2, 0.25) is 5.90 Å². The normalized spacial score (nSPS) is 15.7. The van der Waals surface area contributed by atoms with Crippen molar-refractivity contribution >= 4 is 45.4 Å². The van der Waals surface area contributed by atoms with Crippen molar-refractivity contribution in [3.05, 3.63) is 69.0 Å². The van der Waals surface area contributed by atoms with E-state index in [1.165, 1.54) is 0 Å². The second-order valence-electron chi connectivity index (χ2n) is 5.87. The van der Waals surface area contributed by atoms with Gasteiger partial charge in [-0.25, -0.2) is 14.7 Å². The highest BCUT2D eigenvalue weighted by Crippen LogP contribution is 2.37. The minimum atomic E-state index is -0.736.